The fourth-order valence-corrected chi connectivity index (χ4v) is 3.23. The van der Waals surface area contributed by atoms with Crippen molar-refractivity contribution in [1.82, 2.24) is 10.2 Å². The molecule has 1 aromatic carbocycles. The number of benzene rings is 1. The quantitative estimate of drug-likeness (QED) is 0.428. The average Bonchev–Trinajstić information content (AvgIpc) is 2.81. The van der Waals surface area contributed by atoms with Crippen LogP contribution in [0.3, 0.4) is 0 Å². The smallest absolute Gasteiger partial charge is 0.293 e. The van der Waals surface area contributed by atoms with Gasteiger partial charge in [-0.3, -0.25) is 10.1 Å². The lowest BCUT2D eigenvalue weighted by Crippen LogP contribution is -2.31. The maximum Gasteiger partial charge on any atom is 0.293 e. The van der Waals surface area contributed by atoms with Gasteiger partial charge in [0.1, 0.15) is 5.69 Å². The van der Waals surface area contributed by atoms with Crippen molar-refractivity contribution < 1.29 is 4.92 Å². The first-order chi connectivity index (χ1) is 11.1. The van der Waals surface area contributed by atoms with E-state index in [0.717, 1.165) is 42.0 Å². The fraction of sp³-hybridized carbons (Fsp3) is 0.333. The fourth-order valence-electron chi connectivity index (χ4n) is 2.76. The van der Waals surface area contributed by atoms with Gasteiger partial charge in [0.2, 0.25) is 0 Å². The van der Waals surface area contributed by atoms with E-state index in [1.54, 1.807) is 12.3 Å². The minimum absolute atomic E-state index is 0.171. The van der Waals surface area contributed by atoms with Crippen molar-refractivity contribution in [2.45, 2.75) is 6.42 Å². The second-order valence-corrected chi connectivity index (χ2v) is 6.55. The summed E-state index contributed by atoms with van der Waals surface area (Å²) < 4.78 is 0.869. The molecule has 120 valence electrons. The minimum Gasteiger partial charge on any atom is -0.364 e. The van der Waals surface area contributed by atoms with E-state index in [2.05, 4.69) is 42.6 Å². The lowest BCUT2D eigenvalue weighted by Gasteiger charge is -2.23. The summed E-state index contributed by atoms with van der Waals surface area (Å²) >= 11 is 2.10. The van der Waals surface area contributed by atoms with E-state index in [0.29, 0.717) is 5.69 Å². The normalized spacial score (nSPS) is 15.3. The number of anilines is 2. The molecule has 7 nitrogen and oxygen atoms in total. The molecule has 0 aliphatic carbocycles. The van der Waals surface area contributed by atoms with E-state index in [1.807, 2.05) is 24.3 Å². The van der Waals surface area contributed by atoms with Gasteiger partial charge in [-0.15, -0.1) is 5.10 Å². The molecule has 2 aromatic rings. The zero-order valence-corrected chi connectivity index (χ0v) is 14.6. The first-order valence-corrected chi connectivity index (χ1v) is 8.44. The number of hydrogen-bond acceptors (Lipinski definition) is 6. The van der Waals surface area contributed by atoms with Crippen molar-refractivity contribution >= 4 is 39.8 Å². The second-order valence-electron chi connectivity index (χ2n) is 5.30. The maximum atomic E-state index is 11.3. The van der Waals surface area contributed by atoms with E-state index < -0.39 is 0 Å². The van der Waals surface area contributed by atoms with Crippen molar-refractivity contribution in [2.24, 2.45) is 0 Å². The molecule has 1 aromatic heterocycles. The van der Waals surface area contributed by atoms with Gasteiger partial charge in [0.25, 0.3) is 5.69 Å². The first-order valence-electron chi connectivity index (χ1n) is 7.37. The predicted octanol–water partition coefficient (Wildman–Crippen LogP) is 2.71. The highest BCUT2D eigenvalue weighted by molar-refractivity contribution is 14.1. The second kappa shape index (κ2) is 7.07. The summed E-state index contributed by atoms with van der Waals surface area (Å²) in [5.41, 5.74) is 0.862. The summed E-state index contributed by atoms with van der Waals surface area (Å²) in [4.78, 5) is 15.3. The third-order valence-corrected chi connectivity index (χ3v) is 4.52. The largest absolute Gasteiger partial charge is 0.364 e. The van der Waals surface area contributed by atoms with Crippen molar-refractivity contribution in [3.05, 3.63) is 50.2 Å². The Bertz CT molecular complexity index is 698. The molecule has 0 bridgehead atoms. The number of rotatable bonds is 3. The van der Waals surface area contributed by atoms with Crippen molar-refractivity contribution in [3.63, 3.8) is 0 Å². The molecular weight excluding hydrogens is 409 g/mol. The molecule has 2 heterocycles. The van der Waals surface area contributed by atoms with Crippen molar-refractivity contribution in [2.75, 3.05) is 36.0 Å². The molecule has 0 radical (unpaired) electrons. The van der Waals surface area contributed by atoms with Crippen LogP contribution in [-0.4, -0.2) is 41.3 Å². The molecule has 0 saturated carbocycles. The summed E-state index contributed by atoms with van der Waals surface area (Å²) in [5, 5.41) is 19.4. The molecular formula is C15H16IN5O2. The Morgan fingerprint density at radius 3 is 2.65 bits per heavy atom. The summed E-state index contributed by atoms with van der Waals surface area (Å²) in [6.45, 7) is 3.14. The Balaban J connectivity index is 1.80. The van der Waals surface area contributed by atoms with E-state index >= 15 is 0 Å². The number of nitrogens with zero attached hydrogens (tertiary/aromatic N) is 5. The van der Waals surface area contributed by atoms with E-state index in [4.69, 9.17) is 0 Å². The molecule has 1 fully saturated rings. The van der Waals surface area contributed by atoms with E-state index in [-0.39, 0.29) is 10.6 Å². The first kappa shape index (κ1) is 15.9. The summed E-state index contributed by atoms with van der Waals surface area (Å²) in [6, 6.07) is 9.19. The van der Waals surface area contributed by atoms with Crippen LogP contribution in [0, 0.1) is 13.7 Å². The Morgan fingerprint density at radius 2 is 1.91 bits per heavy atom. The lowest BCUT2D eigenvalue weighted by molar-refractivity contribution is -0.384. The maximum absolute atomic E-state index is 11.3. The van der Waals surface area contributed by atoms with Crippen LogP contribution in [0.1, 0.15) is 6.42 Å². The Labute approximate surface area is 147 Å². The number of aromatic nitrogens is 2. The van der Waals surface area contributed by atoms with Crippen LogP contribution in [0.5, 0.6) is 0 Å². The Hall–Kier alpha value is -1.97. The molecule has 3 rings (SSSR count). The SMILES string of the molecule is O=[N+]([O-])c1cc(I)ccc1N1CCCN(c2cccnn2)CC1. The van der Waals surface area contributed by atoms with Crippen LogP contribution in [0.4, 0.5) is 17.2 Å². The highest BCUT2D eigenvalue weighted by Crippen LogP contribution is 2.30. The van der Waals surface area contributed by atoms with Gasteiger partial charge in [-0.2, -0.15) is 5.10 Å². The van der Waals surface area contributed by atoms with Crippen molar-refractivity contribution in [1.29, 1.82) is 0 Å². The Kier molecular flexibility index (Phi) is 4.89. The van der Waals surface area contributed by atoms with Crippen LogP contribution in [0.25, 0.3) is 0 Å². The third-order valence-electron chi connectivity index (χ3n) is 3.85. The number of nitro benzene ring substituents is 1. The molecule has 8 heteroatoms. The lowest BCUT2D eigenvalue weighted by atomic mass is 10.2. The predicted molar refractivity (Wildman–Crippen MR) is 96.9 cm³/mol. The number of halogens is 1. The van der Waals surface area contributed by atoms with Gasteiger partial charge in [-0.25, -0.2) is 0 Å². The van der Waals surface area contributed by atoms with E-state index in [9.17, 15) is 10.1 Å². The molecule has 1 aliphatic heterocycles. The minimum atomic E-state index is -0.303. The topological polar surface area (TPSA) is 75.4 Å². The molecule has 0 spiro atoms. The highest BCUT2D eigenvalue weighted by Gasteiger charge is 2.23. The van der Waals surface area contributed by atoms with Gasteiger partial charge < -0.3 is 9.80 Å². The molecule has 1 aliphatic rings. The van der Waals surface area contributed by atoms with Gasteiger partial charge in [-0.1, -0.05) is 0 Å². The summed E-state index contributed by atoms with van der Waals surface area (Å²) in [6.07, 6.45) is 2.57. The van der Waals surface area contributed by atoms with Gasteiger partial charge >= 0.3 is 0 Å². The number of hydrogen-bond donors (Lipinski definition) is 0. The molecule has 0 atom stereocenters. The highest BCUT2D eigenvalue weighted by atomic mass is 127. The van der Waals surface area contributed by atoms with E-state index in [1.165, 1.54) is 0 Å². The molecule has 0 amide bonds. The monoisotopic (exact) mass is 425 g/mol. The standard InChI is InChI=1S/C15H16IN5O2/c16-12-4-5-13(14(11-12)21(22)23)19-7-2-8-20(10-9-19)15-3-1-6-17-18-15/h1,3-6,11H,2,7-10H2. The van der Waals surface area contributed by atoms with Crippen LogP contribution < -0.4 is 9.80 Å². The van der Waals surface area contributed by atoms with Gasteiger partial charge in [-0.05, 0) is 53.3 Å². The van der Waals surface area contributed by atoms with Crippen LogP contribution >= 0.6 is 22.6 Å². The summed E-state index contributed by atoms with van der Waals surface area (Å²) in [7, 11) is 0. The number of nitro groups is 1. The zero-order chi connectivity index (χ0) is 16.2. The Morgan fingerprint density at radius 1 is 1.13 bits per heavy atom. The van der Waals surface area contributed by atoms with Gasteiger partial charge in [0.15, 0.2) is 5.82 Å². The van der Waals surface area contributed by atoms with Crippen LogP contribution in [0.2, 0.25) is 0 Å². The summed E-state index contributed by atoms with van der Waals surface area (Å²) in [5.74, 6) is 0.853. The third kappa shape index (κ3) is 3.69. The van der Waals surface area contributed by atoms with Crippen LogP contribution in [0.15, 0.2) is 36.5 Å². The molecule has 1 saturated heterocycles. The molecule has 23 heavy (non-hydrogen) atoms. The van der Waals surface area contributed by atoms with Gasteiger partial charge in [0.05, 0.1) is 4.92 Å². The average molecular weight is 425 g/mol. The molecule has 0 N–H and O–H groups in total. The van der Waals surface area contributed by atoms with Gasteiger partial charge in [0, 0.05) is 42.0 Å². The van der Waals surface area contributed by atoms with Crippen molar-refractivity contribution in [3.8, 4) is 0 Å². The van der Waals surface area contributed by atoms with Crippen LogP contribution in [-0.2, 0) is 0 Å². The zero-order valence-electron chi connectivity index (χ0n) is 12.4. The molecule has 0 unspecified atom stereocenters.